The Labute approximate surface area is 183 Å². The summed E-state index contributed by atoms with van der Waals surface area (Å²) in [6.07, 6.45) is 5.08. The molecule has 0 radical (unpaired) electrons. The number of thiazole rings is 1. The fraction of sp³-hybridized carbons (Fsp3) is 0.333. The van der Waals surface area contributed by atoms with Crippen LogP contribution in [0.2, 0.25) is 0 Å². The number of aliphatic imine (C=N–C) groups is 1. The monoisotopic (exact) mass is 440 g/mol. The number of aromatic nitrogens is 3. The van der Waals surface area contributed by atoms with Crippen LogP contribution in [0.1, 0.15) is 36.7 Å². The Kier molecular flexibility index (Phi) is 7.15. The Morgan fingerprint density at radius 2 is 1.97 bits per heavy atom. The molecule has 0 amide bonds. The summed E-state index contributed by atoms with van der Waals surface area (Å²) in [5.41, 5.74) is 11.4. The SMILES string of the molecule is OCCCCC(CO)Oc1ccc(-c2ccc(C3N=C(c4cscn4)NN3)cn2)cn1. The summed E-state index contributed by atoms with van der Waals surface area (Å²) in [6, 6.07) is 7.56. The number of hydrogen-bond acceptors (Lipinski definition) is 10. The molecule has 9 nitrogen and oxygen atoms in total. The number of ether oxygens (including phenoxy) is 1. The smallest absolute Gasteiger partial charge is 0.213 e. The summed E-state index contributed by atoms with van der Waals surface area (Å²) in [7, 11) is 0. The minimum atomic E-state index is -0.329. The van der Waals surface area contributed by atoms with Crippen molar-refractivity contribution >= 4 is 17.2 Å². The second-order valence-electron chi connectivity index (χ2n) is 7.03. The molecule has 3 aromatic rings. The van der Waals surface area contributed by atoms with Crippen LogP contribution in [0.15, 0.2) is 52.5 Å². The third-order valence-electron chi connectivity index (χ3n) is 4.82. The highest BCUT2D eigenvalue weighted by atomic mass is 32.1. The van der Waals surface area contributed by atoms with Gasteiger partial charge in [0, 0.05) is 41.6 Å². The maximum atomic E-state index is 9.46. The molecule has 0 aliphatic carbocycles. The number of aliphatic hydroxyl groups excluding tert-OH is 2. The van der Waals surface area contributed by atoms with Gasteiger partial charge in [-0.1, -0.05) is 6.07 Å². The summed E-state index contributed by atoms with van der Waals surface area (Å²) >= 11 is 1.52. The zero-order valence-corrected chi connectivity index (χ0v) is 17.6. The van der Waals surface area contributed by atoms with Gasteiger partial charge in [-0.2, -0.15) is 0 Å². The van der Waals surface area contributed by atoms with Crippen LogP contribution in [0.5, 0.6) is 5.88 Å². The number of rotatable bonds is 10. The standard InChI is InChI=1S/C21H24N6O3S/c28-8-2-1-3-16(11-29)30-19-7-5-14(9-23-19)17-6-4-15(10-22-17)20-25-21(27-26-20)18-12-31-13-24-18/h4-7,9-10,12-13,16,20,26,28-29H,1-3,8,11H2,(H,25,27). The number of nitrogens with one attached hydrogen (secondary N) is 2. The van der Waals surface area contributed by atoms with Crippen molar-refractivity contribution in [2.75, 3.05) is 13.2 Å². The van der Waals surface area contributed by atoms with Crippen LogP contribution in [-0.2, 0) is 0 Å². The minimum Gasteiger partial charge on any atom is -0.472 e. The van der Waals surface area contributed by atoms with E-state index in [-0.39, 0.29) is 25.5 Å². The zero-order valence-electron chi connectivity index (χ0n) is 16.8. The highest BCUT2D eigenvalue weighted by molar-refractivity contribution is 7.07. The fourth-order valence-electron chi connectivity index (χ4n) is 3.13. The lowest BCUT2D eigenvalue weighted by Crippen LogP contribution is -2.32. The van der Waals surface area contributed by atoms with E-state index in [0.717, 1.165) is 28.9 Å². The predicted molar refractivity (Wildman–Crippen MR) is 118 cm³/mol. The number of hydrogen-bond donors (Lipinski definition) is 4. The first-order valence-electron chi connectivity index (χ1n) is 10.1. The van der Waals surface area contributed by atoms with Gasteiger partial charge >= 0.3 is 0 Å². The summed E-state index contributed by atoms with van der Waals surface area (Å²) in [6.45, 7) is 0.0537. The van der Waals surface area contributed by atoms with Crippen LogP contribution in [0, 0.1) is 0 Å². The van der Waals surface area contributed by atoms with Gasteiger partial charge in [-0.05, 0) is 31.4 Å². The Morgan fingerprint density at radius 3 is 2.65 bits per heavy atom. The lowest BCUT2D eigenvalue weighted by Gasteiger charge is -2.16. The second-order valence-corrected chi connectivity index (χ2v) is 7.75. The zero-order chi connectivity index (χ0) is 21.5. The van der Waals surface area contributed by atoms with Gasteiger partial charge in [-0.15, -0.1) is 11.3 Å². The van der Waals surface area contributed by atoms with E-state index < -0.39 is 0 Å². The summed E-state index contributed by atoms with van der Waals surface area (Å²) in [5, 5.41) is 20.3. The summed E-state index contributed by atoms with van der Waals surface area (Å²) in [4.78, 5) is 17.7. The highest BCUT2D eigenvalue weighted by Crippen LogP contribution is 2.23. The molecule has 3 aromatic heterocycles. The molecular weight excluding hydrogens is 416 g/mol. The van der Waals surface area contributed by atoms with Gasteiger partial charge < -0.3 is 20.4 Å². The Balaban J connectivity index is 1.38. The maximum absolute atomic E-state index is 9.46. The first-order chi connectivity index (χ1) is 15.3. The van der Waals surface area contributed by atoms with Crippen molar-refractivity contribution in [2.24, 2.45) is 4.99 Å². The largest absolute Gasteiger partial charge is 0.472 e. The van der Waals surface area contributed by atoms with Crippen molar-refractivity contribution in [3.05, 3.63) is 58.8 Å². The Morgan fingerprint density at radius 1 is 1.03 bits per heavy atom. The molecule has 2 unspecified atom stereocenters. The van der Waals surface area contributed by atoms with Gasteiger partial charge in [0.1, 0.15) is 18.0 Å². The molecule has 4 rings (SSSR count). The molecule has 1 aliphatic rings. The molecule has 10 heteroatoms. The molecular formula is C21H24N6O3S. The van der Waals surface area contributed by atoms with Gasteiger partial charge in [0.05, 0.1) is 17.8 Å². The van der Waals surface area contributed by atoms with Gasteiger partial charge in [-0.25, -0.2) is 20.4 Å². The molecule has 0 aromatic carbocycles. The second kappa shape index (κ2) is 10.4. The number of aliphatic hydroxyl groups is 2. The van der Waals surface area contributed by atoms with Crippen molar-refractivity contribution in [1.29, 1.82) is 0 Å². The Bertz CT molecular complexity index is 979. The Hall–Kier alpha value is -2.92. The number of nitrogens with zero attached hydrogens (tertiary/aromatic N) is 4. The van der Waals surface area contributed by atoms with Crippen LogP contribution < -0.4 is 15.6 Å². The van der Waals surface area contributed by atoms with Crippen molar-refractivity contribution < 1.29 is 14.9 Å². The number of unbranched alkanes of at least 4 members (excludes halogenated alkanes) is 1. The lowest BCUT2D eigenvalue weighted by molar-refractivity contribution is 0.100. The molecule has 31 heavy (non-hydrogen) atoms. The molecule has 4 heterocycles. The normalized spacial score (nSPS) is 16.6. The average molecular weight is 441 g/mol. The van der Waals surface area contributed by atoms with Crippen LogP contribution in [0.4, 0.5) is 0 Å². The van der Waals surface area contributed by atoms with Crippen LogP contribution in [-0.4, -0.2) is 50.3 Å². The van der Waals surface area contributed by atoms with Crippen molar-refractivity contribution in [1.82, 2.24) is 25.8 Å². The molecule has 1 aliphatic heterocycles. The van der Waals surface area contributed by atoms with E-state index in [2.05, 4.69) is 30.8 Å². The summed E-state index contributed by atoms with van der Waals surface area (Å²) in [5.74, 6) is 1.17. The van der Waals surface area contributed by atoms with Gasteiger partial charge in [0.2, 0.25) is 5.88 Å². The molecule has 4 N–H and O–H groups in total. The third-order valence-corrected chi connectivity index (χ3v) is 5.41. The van der Waals surface area contributed by atoms with Crippen molar-refractivity contribution in [3.8, 4) is 17.1 Å². The first kappa shape index (κ1) is 21.3. The summed E-state index contributed by atoms with van der Waals surface area (Å²) < 4.78 is 5.73. The van der Waals surface area contributed by atoms with Crippen molar-refractivity contribution in [2.45, 2.75) is 31.5 Å². The minimum absolute atomic E-state index is 0.0887. The van der Waals surface area contributed by atoms with Gasteiger partial charge in [-0.3, -0.25) is 4.98 Å². The molecule has 2 atom stereocenters. The van der Waals surface area contributed by atoms with E-state index in [4.69, 9.17) is 9.84 Å². The van der Waals surface area contributed by atoms with E-state index in [1.165, 1.54) is 11.3 Å². The highest BCUT2D eigenvalue weighted by Gasteiger charge is 2.20. The molecule has 0 fully saturated rings. The van der Waals surface area contributed by atoms with E-state index in [1.54, 1.807) is 24.0 Å². The van der Waals surface area contributed by atoms with Crippen LogP contribution >= 0.6 is 11.3 Å². The quantitative estimate of drug-likeness (QED) is 0.353. The molecule has 162 valence electrons. The van der Waals surface area contributed by atoms with Crippen LogP contribution in [0.3, 0.4) is 0 Å². The number of hydrazine groups is 1. The number of amidine groups is 1. The van der Waals surface area contributed by atoms with E-state index >= 15 is 0 Å². The molecule has 0 spiro atoms. The topological polar surface area (TPSA) is 125 Å². The van der Waals surface area contributed by atoms with E-state index in [1.807, 2.05) is 23.6 Å². The number of pyridine rings is 2. The van der Waals surface area contributed by atoms with Gasteiger partial charge in [0.25, 0.3) is 0 Å². The maximum Gasteiger partial charge on any atom is 0.213 e. The third kappa shape index (κ3) is 5.42. The molecule has 0 bridgehead atoms. The molecule has 0 saturated carbocycles. The van der Waals surface area contributed by atoms with Crippen molar-refractivity contribution in [3.63, 3.8) is 0 Å². The molecule has 0 saturated heterocycles. The fourth-order valence-corrected chi connectivity index (χ4v) is 3.67. The predicted octanol–water partition coefficient (Wildman–Crippen LogP) is 2.06. The van der Waals surface area contributed by atoms with E-state index in [0.29, 0.717) is 24.6 Å². The lowest BCUT2D eigenvalue weighted by atomic mass is 10.1. The average Bonchev–Trinajstić information content (AvgIpc) is 3.51. The first-order valence-corrected chi connectivity index (χ1v) is 11.0. The van der Waals surface area contributed by atoms with E-state index in [9.17, 15) is 5.11 Å². The van der Waals surface area contributed by atoms with Gasteiger partial charge in [0.15, 0.2) is 5.84 Å². The van der Waals surface area contributed by atoms with Crippen LogP contribution in [0.25, 0.3) is 11.3 Å².